The molecule has 0 radical (unpaired) electrons. The number of para-hydroxylation sites is 1. The zero-order chi connectivity index (χ0) is 13.1. The molecular formula is C16H14IN3. The number of hydrogen-bond donors (Lipinski definition) is 0. The molecule has 0 atom stereocenters. The standard InChI is InChI=1S/C16H14N3.HI/c1-19-15(9-7-14-12-17-10-11-18-14)8-6-13-4-2-3-5-16(13)19;/h2-12H,1H3;1H/q+1;/p-1. The van der Waals surface area contributed by atoms with E-state index in [1.54, 1.807) is 18.6 Å². The van der Waals surface area contributed by atoms with Crippen molar-refractivity contribution in [1.82, 2.24) is 9.97 Å². The highest BCUT2D eigenvalue weighted by atomic mass is 127. The minimum absolute atomic E-state index is 0. The summed E-state index contributed by atoms with van der Waals surface area (Å²) >= 11 is 0. The Hall–Kier alpha value is -1.82. The second kappa shape index (κ2) is 6.56. The smallest absolute Gasteiger partial charge is 0.212 e. The first-order valence-corrected chi connectivity index (χ1v) is 6.16. The van der Waals surface area contributed by atoms with Gasteiger partial charge in [-0.3, -0.25) is 9.97 Å². The number of nitrogens with zero attached hydrogens (tertiary/aromatic N) is 3. The fraction of sp³-hybridized carbons (Fsp3) is 0.0625. The summed E-state index contributed by atoms with van der Waals surface area (Å²) in [5.41, 5.74) is 3.20. The highest BCUT2D eigenvalue weighted by Gasteiger charge is 2.07. The third-order valence-electron chi connectivity index (χ3n) is 3.13. The average molecular weight is 375 g/mol. The molecule has 0 aliphatic heterocycles. The Kier molecular flexibility index (Phi) is 4.79. The van der Waals surface area contributed by atoms with Gasteiger partial charge in [-0.25, -0.2) is 0 Å². The molecule has 0 aliphatic carbocycles. The molecule has 0 unspecified atom stereocenters. The van der Waals surface area contributed by atoms with Crippen molar-refractivity contribution in [3.8, 4) is 0 Å². The predicted octanol–water partition coefficient (Wildman–Crippen LogP) is -0.371. The van der Waals surface area contributed by atoms with Crippen molar-refractivity contribution in [2.24, 2.45) is 7.05 Å². The van der Waals surface area contributed by atoms with Crippen molar-refractivity contribution in [1.29, 1.82) is 0 Å². The zero-order valence-electron chi connectivity index (χ0n) is 11.1. The fourth-order valence-corrected chi connectivity index (χ4v) is 2.09. The molecule has 0 saturated carbocycles. The van der Waals surface area contributed by atoms with Crippen molar-refractivity contribution in [2.75, 3.05) is 0 Å². The molecule has 0 amide bonds. The summed E-state index contributed by atoms with van der Waals surface area (Å²) in [6, 6.07) is 12.6. The topological polar surface area (TPSA) is 29.7 Å². The molecule has 0 aliphatic rings. The van der Waals surface area contributed by atoms with Gasteiger partial charge < -0.3 is 24.0 Å². The first kappa shape index (κ1) is 14.6. The van der Waals surface area contributed by atoms with Crippen LogP contribution in [0, 0.1) is 0 Å². The lowest BCUT2D eigenvalue weighted by Gasteiger charge is -1.99. The SMILES string of the molecule is C[n+]1c(/C=C/c2cnccn2)ccc2ccccc21.[I-]. The first-order chi connectivity index (χ1) is 9.34. The molecule has 0 spiro atoms. The van der Waals surface area contributed by atoms with Crippen molar-refractivity contribution in [3.63, 3.8) is 0 Å². The summed E-state index contributed by atoms with van der Waals surface area (Å²) in [5, 5.41) is 1.24. The molecule has 0 fully saturated rings. The van der Waals surface area contributed by atoms with Gasteiger partial charge in [0.1, 0.15) is 7.05 Å². The van der Waals surface area contributed by atoms with E-state index < -0.39 is 0 Å². The second-order valence-electron chi connectivity index (χ2n) is 4.34. The van der Waals surface area contributed by atoms with E-state index in [9.17, 15) is 0 Å². The number of halogens is 1. The van der Waals surface area contributed by atoms with Gasteiger partial charge in [-0.05, 0) is 18.2 Å². The zero-order valence-corrected chi connectivity index (χ0v) is 13.2. The van der Waals surface area contributed by atoms with E-state index >= 15 is 0 Å². The van der Waals surface area contributed by atoms with Crippen molar-refractivity contribution in [3.05, 3.63) is 66.4 Å². The maximum Gasteiger partial charge on any atom is 0.212 e. The molecule has 0 saturated heterocycles. The molecule has 3 nitrogen and oxygen atoms in total. The normalized spacial score (nSPS) is 10.7. The van der Waals surface area contributed by atoms with Gasteiger partial charge in [0.05, 0.1) is 11.9 Å². The second-order valence-corrected chi connectivity index (χ2v) is 4.34. The fourth-order valence-electron chi connectivity index (χ4n) is 2.09. The molecule has 1 aromatic carbocycles. The van der Waals surface area contributed by atoms with Crippen LogP contribution >= 0.6 is 0 Å². The minimum Gasteiger partial charge on any atom is -1.00 e. The predicted molar refractivity (Wildman–Crippen MR) is 76.1 cm³/mol. The van der Waals surface area contributed by atoms with Crippen LogP contribution < -0.4 is 28.5 Å². The molecule has 0 bridgehead atoms. The van der Waals surface area contributed by atoms with E-state index in [0.29, 0.717) is 0 Å². The lowest BCUT2D eigenvalue weighted by Crippen LogP contribution is -3.00. The van der Waals surface area contributed by atoms with E-state index in [4.69, 9.17) is 0 Å². The van der Waals surface area contributed by atoms with Gasteiger partial charge in [-0.1, -0.05) is 12.1 Å². The molecule has 4 heteroatoms. The van der Waals surface area contributed by atoms with Crippen molar-refractivity contribution < 1.29 is 28.5 Å². The summed E-state index contributed by atoms with van der Waals surface area (Å²) in [5.74, 6) is 0. The van der Waals surface area contributed by atoms with Gasteiger partial charge in [0.25, 0.3) is 0 Å². The van der Waals surface area contributed by atoms with E-state index in [0.717, 1.165) is 11.4 Å². The number of fused-ring (bicyclic) bond motifs is 1. The number of aromatic nitrogens is 3. The van der Waals surface area contributed by atoms with Gasteiger partial charge >= 0.3 is 0 Å². The Balaban J connectivity index is 0.00000147. The molecule has 3 rings (SSSR count). The summed E-state index contributed by atoms with van der Waals surface area (Å²) in [6.45, 7) is 0. The minimum atomic E-state index is 0. The van der Waals surface area contributed by atoms with E-state index in [1.807, 2.05) is 6.08 Å². The van der Waals surface area contributed by atoms with Crippen LogP contribution in [0.4, 0.5) is 0 Å². The molecule has 2 heterocycles. The van der Waals surface area contributed by atoms with Gasteiger partial charge in [0.15, 0.2) is 0 Å². The Morgan fingerprint density at radius 2 is 1.85 bits per heavy atom. The number of pyridine rings is 1. The van der Waals surface area contributed by atoms with Crippen LogP contribution in [0.2, 0.25) is 0 Å². The molecule has 100 valence electrons. The summed E-state index contributed by atoms with van der Waals surface area (Å²) in [6.07, 6.45) is 9.14. The largest absolute Gasteiger partial charge is 1.00 e. The van der Waals surface area contributed by atoms with Gasteiger partial charge in [0.2, 0.25) is 11.2 Å². The van der Waals surface area contributed by atoms with Crippen LogP contribution in [0.5, 0.6) is 0 Å². The Labute approximate surface area is 135 Å². The third kappa shape index (κ3) is 3.01. The lowest BCUT2D eigenvalue weighted by molar-refractivity contribution is -0.646. The quantitative estimate of drug-likeness (QED) is 0.452. The Bertz CT molecular complexity index is 739. The van der Waals surface area contributed by atoms with Gasteiger partial charge in [-0.15, -0.1) is 0 Å². The van der Waals surface area contributed by atoms with Crippen LogP contribution in [0.25, 0.3) is 23.1 Å². The Morgan fingerprint density at radius 3 is 2.65 bits per heavy atom. The van der Waals surface area contributed by atoms with E-state index in [2.05, 4.69) is 64.1 Å². The van der Waals surface area contributed by atoms with Crippen LogP contribution in [0.1, 0.15) is 11.4 Å². The molecule has 3 aromatic rings. The summed E-state index contributed by atoms with van der Waals surface area (Å²) in [4.78, 5) is 8.28. The molecular weight excluding hydrogens is 361 g/mol. The van der Waals surface area contributed by atoms with Gasteiger partial charge in [0, 0.05) is 36.0 Å². The Morgan fingerprint density at radius 1 is 1.00 bits per heavy atom. The van der Waals surface area contributed by atoms with E-state index in [-0.39, 0.29) is 24.0 Å². The molecule has 0 N–H and O–H groups in total. The summed E-state index contributed by atoms with van der Waals surface area (Å²) < 4.78 is 2.17. The molecule has 2 aromatic heterocycles. The van der Waals surface area contributed by atoms with Crippen LogP contribution in [-0.2, 0) is 7.05 Å². The van der Waals surface area contributed by atoms with Crippen molar-refractivity contribution >= 4 is 23.1 Å². The van der Waals surface area contributed by atoms with Crippen LogP contribution in [0.3, 0.4) is 0 Å². The molecule has 20 heavy (non-hydrogen) atoms. The highest BCUT2D eigenvalue weighted by molar-refractivity contribution is 5.77. The van der Waals surface area contributed by atoms with Crippen molar-refractivity contribution in [2.45, 2.75) is 0 Å². The lowest BCUT2D eigenvalue weighted by atomic mass is 10.2. The third-order valence-corrected chi connectivity index (χ3v) is 3.13. The number of benzene rings is 1. The maximum atomic E-state index is 4.23. The average Bonchev–Trinajstić information content (AvgIpc) is 2.48. The first-order valence-electron chi connectivity index (χ1n) is 6.16. The monoisotopic (exact) mass is 375 g/mol. The number of hydrogen-bond acceptors (Lipinski definition) is 2. The van der Waals surface area contributed by atoms with E-state index in [1.165, 1.54) is 10.9 Å². The highest BCUT2D eigenvalue weighted by Crippen LogP contribution is 2.11. The van der Waals surface area contributed by atoms with Crippen LogP contribution in [-0.4, -0.2) is 9.97 Å². The van der Waals surface area contributed by atoms with Gasteiger partial charge in [-0.2, -0.15) is 4.57 Å². The van der Waals surface area contributed by atoms with Crippen LogP contribution in [0.15, 0.2) is 55.0 Å². The summed E-state index contributed by atoms with van der Waals surface area (Å²) in [7, 11) is 2.07. The number of aryl methyl sites for hydroxylation is 1. The maximum absolute atomic E-state index is 4.23. The number of rotatable bonds is 2.